The zero-order valence-corrected chi connectivity index (χ0v) is 12.2. The molecule has 5 nitrogen and oxygen atoms in total. The smallest absolute Gasteiger partial charge is 0.422 e. The van der Waals surface area contributed by atoms with E-state index in [1.54, 1.807) is 6.92 Å². The van der Waals surface area contributed by atoms with Gasteiger partial charge in [0.2, 0.25) is 5.91 Å². The van der Waals surface area contributed by atoms with Gasteiger partial charge in [-0.1, -0.05) is 11.3 Å². The Bertz CT molecular complexity index is 486. The highest BCUT2D eigenvalue weighted by Gasteiger charge is 2.29. The zero-order valence-electron chi connectivity index (χ0n) is 11.4. The van der Waals surface area contributed by atoms with Gasteiger partial charge in [-0.05, 0) is 19.9 Å². The van der Waals surface area contributed by atoms with Gasteiger partial charge in [-0.15, -0.1) is 0 Å². The number of nitrogens with zero attached hydrogens (tertiary/aromatic N) is 1. The van der Waals surface area contributed by atoms with E-state index in [0.717, 1.165) is 24.3 Å². The topological polar surface area (TPSA) is 63.2 Å². The fourth-order valence-electron chi connectivity index (χ4n) is 1.96. The molecule has 118 valence electrons. The number of alkyl halides is 3. The Kier molecular flexibility index (Phi) is 5.04. The fourth-order valence-corrected chi connectivity index (χ4v) is 2.73. The molecule has 0 saturated carbocycles. The minimum Gasteiger partial charge on any atom is -0.460 e. The summed E-state index contributed by atoms with van der Waals surface area (Å²) in [4.78, 5) is 16.4. The van der Waals surface area contributed by atoms with E-state index in [1.165, 1.54) is 6.20 Å². The first-order chi connectivity index (χ1) is 9.85. The summed E-state index contributed by atoms with van der Waals surface area (Å²) in [7, 11) is 0. The number of nitrogens with one attached hydrogen (secondary N) is 2. The van der Waals surface area contributed by atoms with Crippen LogP contribution in [-0.2, 0) is 4.79 Å². The second-order valence-electron chi connectivity index (χ2n) is 4.85. The molecule has 1 fully saturated rings. The van der Waals surface area contributed by atoms with Crippen molar-refractivity contribution >= 4 is 17.2 Å². The summed E-state index contributed by atoms with van der Waals surface area (Å²) in [5.74, 6) is -0.111. The van der Waals surface area contributed by atoms with Gasteiger partial charge >= 0.3 is 6.18 Å². The first-order valence-electron chi connectivity index (χ1n) is 6.51. The highest BCUT2D eigenvalue weighted by atomic mass is 32.1. The molecule has 0 aromatic carbocycles. The van der Waals surface area contributed by atoms with Crippen LogP contribution in [0.1, 0.15) is 24.3 Å². The lowest BCUT2D eigenvalue weighted by Crippen LogP contribution is -2.33. The van der Waals surface area contributed by atoms with Crippen LogP contribution in [-0.4, -0.2) is 36.8 Å². The van der Waals surface area contributed by atoms with Gasteiger partial charge in [-0.25, -0.2) is 4.98 Å². The van der Waals surface area contributed by atoms with Crippen LogP contribution in [0.5, 0.6) is 5.19 Å². The van der Waals surface area contributed by atoms with Gasteiger partial charge in [0, 0.05) is 12.7 Å². The molecule has 1 unspecified atom stereocenters. The van der Waals surface area contributed by atoms with E-state index < -0.39 is 12.8 Å². The number of halogens is 3. The summed E-state index contributed by atoms with van der Waals surface area (Å²) in [6, 6.07) is -0.307. The molecular weight excluding hydrogens is 307 g/mol. The fraction of sp³-hybridized carbons (Fsp3) is 0.667. The lowest BCUT2D eigenvalue weighted by atomic mass is 10.1. The molecule has 2 rings (SSSR count). The molecular formula is C12H16F3N3O2S. The van der Waals surface area contributed by atoms with Gasteiger partial charge in [-0.2, -0.15) is 13.2 Å². The van der Waals surface area contributed by atoms with Crippen LogP contribution >= 0.6 is 11.3 Å². The van der Waals surface area contributed by atoms with Crippen molar-refractivity contribution in [1.29, 1.82) is 0 Å². The van der Waals surface area contributed by atoms with E-state index in [9.17, 15) is 18.0 Å². The van der Waals surface area contributed by atoms with E-state index in [1.807, 2.05) is 0 Å². The molecule has 9 heteroatoms. The van der Waals surface area contributed by atoms with Crippen LogP contribution in [0.4, 0.5) is 13.2 Å². The Hall–Kier alpha value is -1.35. The van der Waals surface area contributed by atoms with Gasteiger partial charge < -0.3 is 15.4 Å². The van der Waals surface area contributed by atoms with Gasteiger partial charge in [0.1, 0.15) is 0 Å². The van der Waals surface area contributed by atoms with E-state index >= 15 is 0 Å². The Morgan fingerprint density at radius 3 is 3.05 bits per heavy atom. The molecule has 2 atom stereocenters. The second kappa shape index (κ2) is 6.61. The number of aromatic nitrogens is 1. The molecule has 1 amide bonds. The van der Waals surface area contributed by atoms with Crippen LogP contribution in [0.2, 0.25) is 0 Å². The average Bonchev–Trinajstić information content (AvgIpc) is 3.07. The Morgan fingerprint density at radius 2 is 2.43 bits per heavy atom. The maximum atomic E-state index is 12.0. The molecule has 0 aliphatic carbocycles. The van der Waals surface area contributed by atoms with E-state index in [-0.39, 0.29) is 23.1 Å². The monoisotopic (exact) mass is 323 g/mol. The zero-order chi connectivity index (χ0) is 15.5. The van der Waals surface area contributed by atoms with Crippen molar-refractivity contribution in [3.8, 4) is 5.19 Å². The SMILES string of the molecule is C[C@@H](NC(=O)C1CCNC1)c1cnc(OCC(F)(F)F)s1. The third-order valence-corrected chi connectivity index (χ3v) is 4.17. The van der Waals surface area contributed by atoms with Gasteiger partial charge in [0.25, 0.3) is 5.19 Å². The quantitative estimate of drug-likeness (QED) is 0.868. The van der Waals surface area contributed by atoms with Crippen LogP contribution in [0, 0.1) is 5.92 Å². The predicted molar refractivity (Wildman–Crippen MR) is 71.2 cm³/mol. The van der Waals surface area contributed by atoms with Gasteiger partial charge in [-0.3, -0.25) is 4.79 Å². The summed E-state index contributed by atoms with van der Waals surface area (Å²) < 4.78 is 40.7. The first kappa shape index (κ1) is 16.0. The normalized spacial score (nSPS) is 20.3. The maximum Gasteiger partial charge on any atom is 0.422 e. The third-order valence-electron chi connectivity index (χ3n) is 3.08. The number of carbonyl (C=O) groups excluding carboxylic acids is 1. The molecule has 1 aromatic rings. The summed E-state index contributed by atoms with van der Waals surface area (Å²) >= 11 is 1.00. The largest absolute Gasteiger partial charge is 0.460 e. The molecule has 0 spiro atoms. The minimum atomic E-state index is -4.39. The minimum absolute atomic E-state index is 0.0500. The van der Waals surface area contributed by atoms with Crippen molar-refractivity contribution in [3.63, 3.8) is 0 Å². The molecule has 0 radical (unpaired) electrons. The number of rotatable bonds is 5. The molecule has 1 aliphatic rings. The van der Waals surface area contributed by atoms with Crippen molar-refractivity contribution in [2.24, 2.45) is 5.92 Å². The molecule has 2 heterocycles. The Labute approximate surface area is 123 Å². The first-order valence-corrected chi connectivity index (χ1v) is 7.33. The van der Waals surface area contributed by atoms with Crippen molar-refractivity contribution in [1.82, 2.24) is 15.6 Å². The second-order valence-corrected chi connectivity index (χ2v) is 5.88. The molecule has 2 N–H and O–H groups in total. The Balaban J connectivity index is 1.86. The van der Waals surface area contributed by atoms with Crippen LogP contribution in [0.15, 0.2) is 6.20 Å². The molecule has 1 aromatic heterocycles. The molecule has 1 saturated heterocycles. The van der Waals surface area contributed by atoms with Gasteiger partial charge in [0.15, 0.2) is 6.61 Å². The van der Waals surface area contributed by atoms with Crippen LogP contribution < -0.4 is 15.4 Å². The standard InChI is InChI=1S/C12H16F3N3O2S/c1-7(18-10(19)8-2-3-16-4-8)9-5-17-11(21-9)20-6-12(13,14)15/h5,7-8,16H,2-4,6H2,1H3,(H,18,19)/t7-,8?/m1/s1. The third kappa shape index (κ3) is 4.85. The number of amides is 1. The van der Waals surface area contributed by atoms with Gasteiger partial charge in [0.05, 0.1) is 16.8 Å². The van der Waals surface area contributed by atoms with Crippen molar-refractivity contribution in [3.05, 3.63) is 11.1 Å². The Morgan fingerprint density at radius 1 is 1.67 bits per heavy atom. The van der Waals surface area contributed by atoms with Crippen molar-refractivity contribution in [2.45, 2.75) is 25.6 Å². The van der Waals surface area contributed by atoms with E-state index in [4.69, 9.17) is 0 Å². The van der Waals surface area contributed by atoms with Crippen molar-refractivity contribution < 1.29 is 22.7 Å². The number of hydrogen-bond acceptors (Lipinski definition) is 5. The van der Waals surface area contributed by atoms with E-state index in [2.05, 4.69) is 20.4 Å². The van der Waals surface area contributed by atoms with Crippen molar-refractivity contribution in [2.75, 3.05) is 19.7 Å². The predicted octanol–water partition coefficient (Wildman–Crippen LogP) is 1.87. The highest BCUT2D eigenvalue weighted by Crippen LogP contribution is 2.27. The molecule has 1 aliphatic heterocycles. The summed E-state index contributed by atoms with van der Waals surface area (Å²) in [5.41, 5.74) is 0. The summed E-state index contributed by atoms with van der Waals surface area (Å²) in [6.07, 6.45) is -2.17. The number of carbonyl (C=O) groups is 1. The van der Waals surface area contributed by atoms with Crippen LogP contribution in [0.25, 0.3) is 0 Å². The average molecular weight is 323 g/mol. The van der Waals surface area contributed by atoms with Crippen LogP contribution in [0.3, 0.4) is 0 Å². The molecule has 0 bridgehead atoms. The number of ether oxygens (including phenoxy) is 1. The lowest BCUT2D eigenvalue weighted by molar-refractivity contribution is -0.153. The highest BCUT2D eigenvalue weighted by molar-refractivity contribution is 7.13. The summed E-state index contributed by atoms with van der Waals surface area (Å²) in [5, 5.41) is 5.89. The number of thiazole rings is 1. The van der Waals surface area contributed by atoms with E-state index in [0.29, 0.717) is 11.4 Å². The lowest BCUT2D eigenvalue weighted by Gasteiger charge is -2.14. The maximum absolute atomic E-state index is 12.0. The number of hydrogen-bond donors (Lipinski definition) is 2. The molecule has 21 heavy (non-hydrogen) atoms. The summed E-state index contributed by atoms with van der Waals surface area (Å²) in [6.45, 7) is 1.87.